The van der Waals surface area contributed by atoms with E-state index in [0.29, 0.717) is 6.54 Å². The topological polar surface area (TPSA) is 41.6 Å². The summed E-state index contributed by atoms with van der Waals surface area (Å²) in [5.41, 5.74) is 2.67. The number of hydrogen-bond donors (Lipinski definition) is 1. The van der Waals surface area contributed by atoms with Crippen molar-refractivity contribution in [3.05, 3.63) is 29.3 Å². The summed E-state index contributed by atoms with van der Waals surface area (Å²) >= 11 is 0. The van der Waals surface area contributed by atoms with Gasteiger partial charge in [0.25, 0.3) is 5.91 Å². The molecule has 0 aromatic heterocycles. The highest BCUT2D eigenvalue weighted by Crippen LogP contribution is 2.29. The molecule has 4 nitrogen and oxygen atoms in total. The fraction of sp³-hybridized carbons (Fsp3) is 0.562. The van der Waals surface area contributed by atoms with Gasteiger partial charge in [0, 0.05) is 13.1 Å². The summed E-state index contributed by atoms with van der Waals surface area (Å²) in [6.45, 7) is 1.60. The van der Waals surface area contributed by atoms with Crippen LogP contribution in [0, 0.1) is 0 Å². The van der Waals surface area contributed by atoms with Gasteiger partial charge in [0.15, 0.2) is 6.61 Å². The summed E-state index contributed by atoms with van der Waals surface area (Å²) in [5.74, 6) is 0.824. The van der Waals surface area contributed by atoms with Gasteiger partial charge in [-0.2, -0.15) is 0 Å². The van der Waals surface area contributed by atoms with Crippen molar-refractivity contribution < 1.29 is 9.53 Å². The van der Waals surface area contributed by atoms with Crippen LogP contribution in [0.2, 0.25) is 0 Å². The van der Waals surface area contributed by atoms with E-state index < -0.39 is 0 Å². The number of aryl methyl sites for hydroxylation is 1. The molecule has 0 saturated heterocycles. The van der Waals surface area contributed by atoms with Crippen LogP contribution in [0.3, 0.4) is 0 Å². The highest BCUT2D eigenvalue weighted by molar-refractivity contribution is 5.77. The molecule has 4 heteroatoms. The number of nitrogens with zero attached hydrogens (tertiary/aromatic N) is 1. The van der Waals surface area contributed by atoms with E-state index in [2.05, 4.69) is 11.4 Å². The first kappa shape index (κ1) is 14.9. The van der Waals surface area contributed by atoms with Crippen LogP contribution in [0.5, 0.6) is 5.75 Å². The predicted octanol–water partition coefficient (Wildman–Crippen LogP) is 1.62. The van der Waals surface area contributed by atoms with E-state index in [1.165, 1.54) is 24.0 Å². The fourth-order valence-electron chi connectivity index (χ4n) is 2.49. The quantitative estimate of drug-likeness (QED) is 0.858. The summed E-state index contributed by atoms with van der Waals surface area (Å²) < 4.78 is 5.70. The Labute approximate surface area is 121 Å². The summed E-state index contributed by atoms with van der Waals surface area (Å²) in [6, 6.07) is 6.15. The third kappa shape index (κ3) is 4.23. The smallest absolute Gasteiger partial charge is 0.257 e. The lowest BCUT2D eigenvalue weighted by molar-refractivity contribution is -0.123. The number of benzene rings is 1. The van der Waals surface area contributed by atoms with E-state index in [-0.39, 0.29) is 12.5 Å². The molecule has 1 aliphatic rings. The third-order valence-electron chi connectivity index (χ3n) is 3.59. The molecule has 20 heavy (non-hydrogen) atoms. The Morgan fingerprint density at radius 3 is 2.90 bits per heavy atom. The molecular weight excluding hydrogens is 252 g/mol. The standard InChI is InChI=1S/C16H24N2O2/c1-18(2)11-10-17-16(19)12-20-15-9-5-7-13-6-3-4-8-14(13)15/h5,7,9H,3-4,6,8,10-12H2,1-2H3,(H,17,19). The molecule has 0 saturated carbocycles. The average Bonchev–Trinajstić information content (AvgIpc) is 2.44. The van der Waals surface area contributed by atoms with E-state index in [4.69, 9.17) is 4.74 Å². The maximum Gasteiger partial charge on any atom is 0.257 e. The summed E-state index contributed by atoms with van der Waals surface area (Å²) in [4.78, 5) is 13.7. The second-order valence-corrected chi connectivity index (χ2v) is 5.54. The first-order valence-corrected chi connectivity index (χ1v) is 7.32. The first-order valence-electron chi connectivity index (χ1n) is 7.32. The summed E-state index contributed by atoms with van der Waals surface area (Å²) in [6.07, 6.45) is 4.65. The Morgan fingerprint density at radius 1 is 1.30 bits per heavy atom. The molecule has 0 radical (unpaired) electrons. The number of carbonyl (C=O) groups is 1. The Morgan fingerprint density at radius 2 is 2.10 bits per heavy atom. The zero-order valence-electron chi connectivity index (χ0n) is 12.4. The highest BCUT2D eigenvalue weighted by atomic mass is 16.5. The predicted molar refractivity (Wildman–Crippen MR) is 80.1 cm³/mol. The molecule has 2 rings (SSSR count). The van der Waals surface area contributed by atoms with E-state index in [9.17, 15) is 4.79 Å². The number of ether oxygens (including phenoxy) is 1. The van der Waals surface area contributed by atoms with E-state index in [1.807, 2.05) is 31.1 Å². The lowest BCUT2D eigenvalue weighted by Gasteiger charge is -2.19. The Bertz CT molecular complexity index is 458. The van der Waals surface area contributed by atoms with Gasteiger partial charge in [-0.15, -0.1) is 0 Å². The number of rotatable bonds is 6. The van der Waals surface area contributed by atoms with Crippen molar-refractivity contribution in [2.45, 2.75) is 25.7 Å². The van der Waals surface area contributed by atoms with Crippen LogP contribution in [0.4, 0.5) is 0 Å². The molecular formula is C16H24N2O2. The molecule has 0 heterocycles. The molecule has 0 spiro atoms. The van der Waals surface area contributed by atoms with Crippen LogP contribution in [-0.4, -0.2) is 44.6 Å². The zero-order valence-corrected chi connectivity index (χ0v) is 12.4. The molecule has 1 amide bonds. The van der Waals surface area contributed by atoms with Crippen molar-refractivity contribution >= 4 is 5.91 Å². The molecule has 1 N–H and O–H groups in total. The molecule has 1 aromatic rings. The third-order valence-corrected chi connectivity index (χ3v) is 3.59. The minimum Gasteiger partial charge on any atom is -0.483 e. The van der Waals surface area contributed by atoms with Gasteiger partial charge in [0.05, 0.1) is 0 Å². The molecule has 1 aromatic carbocycles. The van der Waals surface area contributed by atoms with Crippen LogP contribution < -0.4 is 10.1 Å². The Hall–Kier alpha value is -1.55. The van der Waals surface area contributed by atoms with Gasteiger partial charge in [-0.3, -0.25) is 4.79 Å². The van der Waals surface area contributed by atoms with Crippen LogP contribution in [-0.2, 0) is 17.6 Å². The average molecular weight is 276 g/mol. The van der Waals surface area contributed by atoms with Crippen LogP contribution in [0.1, 0.15) is 24.0 Å². The summed E-state index contributed by atoms with van der Waals surface area (Å²) in [5, 5.41) is 2.86. The maximum atomic E-state index is 11.7. The largest absolute Gasteiger partial charge is 0.483 e. The number of hydrogen-bond acceptors (Lipinski definition) is 3. The summed E-state index contributed by atoms with van der Waals surface area (Å²) in [7, 11) is 3.97. The lowest BCUT2D eigenvalue weighted by atomic mass is 9.91. The van der Waals surface area contributed by atoms with Crippen molar-refractivity contribution in [3.8, 4) is 5.75 Å². The number of amides is 1. The second-order valence-electron chi connectivity index (χ2n) is 5.54. The van der Waals surface area contributed by atoms with Gasteiger partial charge in [-0.05, 0) is 57.0 Å². The van der Waals surface area contributed by atoms with Crippen molar-refractivity contribution in [2.75, 3.05) is 33.8 Å². The van der Waals surface area contributed by atoms with Crippen LogP contribution >= 0.6 is 0 Å². The number of nitrogens with one attached hydrogen (secondary N) is 1. The van der Waals surface area contributed by atoms with Gasteiger partial charge in [0.2, 0.25) is 0 Å². The van der Waals surface area contributed by atoms with Gasteiger partial charge < -0.3 is 15.0 Å². The first-order chi connectivity index (χ1) is 9.66. The minimum absolute atomic E-state index is 0.0553. The van der Waals surface area contributed by atoms with E-state index in [1.54, 1.807) is 0 Å². The Balaban J connectivity index is 1.83. The number of likely N-dealkylation sites (N-methyl/N-ethyl adjacent to an activating group) is 1. The van der Waals surface area contributed by atoms with Gasteiger partial charge in [0.1, 0.15) is 5.75 Å². The van der Waals surface area contributed by atoms with Crippen molar-refractivity contribution in [1.82, 2.24) is 10.2 Å². The van der Waals surface area contributed by atoms with Crippen LogP contribution in [0.25, 0.3) is 0 Å². The normalized spacial score (nSPS) is 13.9. The van der Waals surface area contributed by atoms with Crippen molar-refractivity contribution in [1.29, 1.82) is 0 Å². The van der Waals surface area contributed by atoms with Crippen molar-refractivity contribution in [3.63, 3.8) is 0 Å². The highest BCUT2D eigenvalue weighted by Gasteiger charge is 2.14. The molecule has 110 valence electrons. The Kier molecular flexibility index (Phi) is 5.41. The van der Waals surface area contributed by atoms with Gasteiger partial charge >= 0.3 is 0 Å². The van der Waals surface area contributed by atoms with Crippen molar-refractivity contribution in [2.24, 2.45) is 0 Å². The zero-order chi connectivity index (χ0) is 14.4. The number of fused-ring (bicyclic) bond motifs is 1. The molecule has 0 aliphatic heterocycles. The lowest BCUT2D eigenvalue weighted by Crippen LogP contribution is -2.34. The minimum atomic E-state index is -0.0553. The second kappa shape index (κ2) is 7.29. The monoisotopic (exact) mass is 276 g/mol. The number of carbonyl (C=O) groups excluding carboxylic acids is 1. The molecule has 0 fully saturated rings. The molecule has 0 atom stereocenters. The van der Waals surface area contributed by atoms with E-state index >= 15 is 0 Å². The van der Waals surface area contributed by atoms with Gasteiger partial charge in [-0.1, -0.05) is 12.1 Å². The van der Waals surface area contributed by atoms with Crippen LogP contribution in [0.15, 0.2) is 18.2 Å². The maximum absolute atomic E-state index is 11.7. The van der Waals surface area contributed by atoms with E-state index in [0.717, 1.165) is 25.1 Å². The molecule has 1 aliphatic carbocycles. The molecule has 0 bridgehead atoms. The molecule has 0 unspecified atom stereocenters. The fourth-order valence-corrected chi connectivity index (χ4v) is 2.49. The SMILES string of the molecule is CN(C)CCNC(=O)COc1cccc2c1CCCC2. The van der Waals surface area contributed by atoms with Gasteiger partial charge in [-0.25, -0.2) is 0 Å².